The van der Waals surface area contributed by atoms with Gasteiger partial charge in [-0.25, -0.2) is 4.98 Å². The van der Waals surface area contributed by atoms with Gasteiger partial charge >= 0.3 is 0 Å². The summed E-state index contributed by atoms with van der Waals surface area (Å²) >= 11 is 0. The van der Waals surface area contributed by atoms with Crippen LogP contribution in [0.15, 0.2) is 36.5 Å². The van der Waals surface area contributed by atoms with Gasteiger partial charge in [0.15, 0.2) is 0 Å². The fourth-order valence-electron chi connectivity index (χ4n) is 4.95. The lowest BCUT2D eigenvalue weighted by Crippen LogP contribution is -2.40. The van der Waals surface area contributed by atoms with Gasteiger partial charge in [0.2, 0.25) is 11.8 Å². The van der Waals surface area contributed by atoms with Crippen molar-refractivity contribution in [3.63, 3.8) is 0 Å². The summed E-state index contributed by atoms with van der Waals surface area (Å²) in [6.07, 6.45) is 3.30. The van der Waals surface area contributed by atoms with Crippen LogP contribution >= 0.6 is 0 Å². The second-order valence-electron chi connectivity index (χ2n) is 8.35. The van der Waals surface area contributed by atoms with E-state index in [9.17, 15) is 4.79 Å². The monoisotopic (exact) mass is 409 g/mol. The third-order valence-corrected chi connectivity index (χ3v) is 6.50. The van der Waals surface area contributed by atoms with Crippen molar-refractivity contribution in [2.24, 2.45) is 17.8 Å². The topological polar surface area (TPSA) is 73.8 Å². The average molecular weight is 409 g/mol. The molecule has 3 aliphatic rings. The Hall–Kier alpha value is -2.67. The molecule has 0 aliphatic carbocycles. The fraction of sp³-hybridized carbons (Fsp3) is 0.522. The molecular weight excluding hydrogens is 382 g/mol. The number of aryl methyl sites for hydroxylation is 1. The molecule has 2 fully saturated rings. The number of benzene rings is 1. The van der Waals surface area contributed by atoms with Gasteiger partial charge in [0.1, 0.15) is 11.6 Å². The van der Waals surface area contributed by atoms with Crippen molar-refractivity contribution < 1.29 is 19.0 Å². The van der Waals surface area contributed by atoms with E-state index in [1.54, 1.807) is 12.3 Å². The van der Waals surface area contributed by atoms with Gasteiger partial charge in [-0.3, -0.25) is 4.79 Å². The second kappa shape index (κ2) is 8.22. The molecule has 0 radical (unpaired) electrons. The molecule has 0 unspecified atom stereocenters. The summed E-state index contributed by atoms with van der Waals surface area (Å²) in [5, 5.41) is 0. The number of carbonyl (C=O) groups excluding carboxylic acids is 1. The van der Waals surface area contributed by atoms with Crippen LogP contribution in [0.2, 0.25) is 0 Å². The lowest BCUT2D eigenvalue weighted by molar-refractivity contribution is -0.140. The molecule has 30 heavy (non-hydrogen) atoms. The van der Waals surface area contributed by atoms with Crippen LogP contribution in [0.1, 0.15) is 30.3 Å². The molecule has 4 heterocycles. The Bertz CT molecular complexity index is 915. The van der Waals surface area contributed by atoms with Crippen LogP contribution in [-0.2, 0) is 9.53 Å². The first-order valence-corrected chi connectivity index (χ1v) is 10.7. The van der Waals surface area contributed by atoms with Crippen molar-refractivity contribution in [2.75, 3.05) is 33.0 Å². The van der Waals surface area contributed by atoms with Crippen LogP contribution < -0.4 is 9.47 Å². The average Bonchev–Trinajstić information content (AvgIpc) is 3.17. The smallest absolute Gasteiger partial charge is 0.226 e. The minimum absolute atomic E-state index is 0.0334. The minimum Gasteiger partial charge on any atom is -0.493 e. The van der Waals surface area contributed by atoms with E-state index in [0.29, 0.717) is 44.7 Å². The number of likely N-dealkylation sites (tertiary alicyclic amines) is 1. The minimum atomic E-state index is 0.0334. The van der Waals surface area contributed by atoms with E-state index in [1.807, 2.05) is 25.1 Å². The molecule has 0 saturated carbocycles. The Kier molecular flexibility index (Phi) is 5.29. The molecule has 1 amide bonds. The third kappa shape index (κ3) is 3.62. The summed E-state index contributed by atoms with van der Waals surface area (Å²) < 4.78 is 17.6. The number of amides is 1. The predicted molar refractivity (Wildman–Crippen MR) is 109 cm³/mol. The quantitative estimate of drug-likeness (QED) is 0.773. The Labute approximate surface area is 176 Å². The van der Waals surface area contributed by atoms with Crippen LogP contribution in [0.5, 0.6) is 11.6 Å². The second-order valence-corrected chi connectivity index (χ2v) is 8.35. The zero-order valence-corrected chi connectivity index (χ0v) is 17.2. The summed E-state index contributed by atoms with van der Waals surface area (Å²) in [5.41, 5.74) is 1.11. The van der Waals surface area contributed by atoms with E-state index in [-0.39, 0.29) is 29.7 Å². The van der Waals surface area contributed by atoms with Gasteiger partial charge in [0.05, 0.1) is 19.3 Å². The lowest BCUT2D eigenvalue weighted by Gasteiger charge is -2.36. The first-order valence-electron chi connectivity index (χ1n) is 10.7. The number of ether oxygens (including phenoxy) is 3. The number of carbonyl (C=O) groups is 1. The number of fused-ring (bicyclic) bond motifs is 3. The normalized spacial score (nSPS) is 25.9. The molecule has 5 rings (SSSR count). The fourth-order valence-corrected chi connectivity index (χ4v) is 4.95. The summed E-state index contributed by atoms with van der Waals surface area (Å²) in [6.45, 7) is 4.94. The van der Waals surface area contributed by atoms with Gasteiger partial charge < -0.3 is 19.1 Å². The van der Waals surface area contributed by atoms with Crippen LogP contribution in [-0.4, -0.2) is 53.7 Å². The van der Waals surface area contributed by atoms with E-state index in [0.717, 1.165) is 24.2 Å². The number of hydrogen-bond donors (Lipinski definition) is 0. The molecule has 158 valence electrons. The van der Waals surface area contributed by atoms with Gasteiger partial charge in [-0.05, 0) is 25.8 Å². The molecule has 2 saturated heterocycles. The number of hydrogen-bond acceptors (Lipinski definition) is 6. The highest BCUT2D eigenvalue weighted by molar-refractivity contribution is 5.80. The SMILES string of the molecule is Cc1nccc(OC[C@@H]2CN(C(=O)C3CCOCC3)[C@H]3c4ccccc4OC[C@@H]23)n1. The highest BCUT2D eigenvalue weighted by Crippen LogP contribution is 2.48. The van der Waals surface area contributed by atoms with Gasteiger partial charge in [0.25, 0.3) is 0 Å². The van der Waals surface area contributed by atoms with Crippen LogP contribution in [0, 0.1) is 24.7 Å². The van der Waals surface area contributed by atoms with E-state index in [1.165, 1.54) is 0 Å². The van der Waals surface area contributed by atoms with Crippen molar-refractivity contribution in [1.29, 1.82) is 0 Å². The molecule has 2 aromatic rings. The molecule has 0 N–H and O–H groups in total. The maximum absolute atomic E-state index is 13.5. The predicted octanol–water partition coefficient (Wildman–Crippen LogP) is 2.80. The lowest BCUT2D eigenvalue weighted by atomic mass is 9.85. The first kappa shape index (κ1) is 19.3. The maximum Gasteiger partial charge on any atom is 0.226 e. The summed E-state index contributed by atoms with van der Waals surface area (Å²) in [6, 6.07) is 9.90. The van der Waals surface area contributed by atoms with Crippen molar-refractivity contribution in [3.8, 4) is 11.6 Å². The number of para-hydroxylation sites is 1. The van der Waals surface area contributed by atoms with E-state index in [2.05, 4.69) is 20.9 Å². The molecule has 7 heteroatoms. The zero-order chi connectivity index (χ0) is 20.5. The molecule has 0 spiro atoms. The maximum atomic E-state index is 13.5. The van der Waals surface area contributed by atoms with Crippen LogP contribution in [0.25, 0.3) is 0 Å². The molecule has 3 aliphatic heterocycles. The van der Waals surface area contributed by atoms with Crippen LogP contribution in [0.4, 0.5) is 0 Å². The molecule has 0 bridgehead atoms. The van der Waals surface area contributed by atoms with E-state index in [4.69, 9.17) is 14.2 Å². The first-order chi connectivity index (χ1) is 14.7. The Morgan fingerprint density at radius 1 is 1.23 bits per heavy atom. The Morgan fingerprint density at radius 3 is 2.90 bits per heavy atom. The Morgan fingerprint density at radius 2 is 2.07 bits per heavy atom. The van der Waals surface area contributed by atoms with Gasteiger partial charge in [-0.2, -0.15) is 4.98 Å². The standard InChI is InChI=1S/C23H27N3O4/c1-15-24-9-6-21(25-15)30-13-17-12-26(23(27)16-7-10-28-11-8-16)22-18-4-2-3-5-20(18)29-14-19(17)22/h2-6,9,16-17,19,22H,7-8,10-14H2,1H3/t17-,19-,22-/m0/s1. The highest BCUT2D eigenvalue weighted by Gasteiger charge is 2.49. The van der Waals surface area contributed by atoms with Crippen LogP contribution in [0.3, 0.4) is 0 Å². The van der Waals surface area contributed by atoms with Gasteiger partial charge in [-0.1, -0.05) is 18.2 Å². The molecule has 3 atom stereocenters. The van der Waals surface area contributed by atoms with Gasteiger partial charge in [0, 0.05) is 55.3 Å². The summed E-state index contributed by atoms with van der Waals surface area (Å²) in [4.78, 5) is 24.0. The Balaban J connectivity index is 1.39. The van der Waals surface area contributed by atoms with E-state index >= 15 is 0 Å². The third-order valence-electron chi connectivity index (χ3n) is 6.50. The van der Waals surface area contributed by atoms with Crippen molar-refractivity contribution in [3.05, 3.63) is 47.9 Å². The molecule has 7 nitrogen and oxygen atoms in total. The number of nitrogens with zero attached hydrogens (tertiary/aromatic N) is 3. The van der Waals surface area contributed by atoms with Crippen molar-refractivity contribution in [2.45, 2.75) is 25.8 Å². The summed E-state index contributed by atoms with van der Waals surface area (Å²) in [7, 11) is 0. The van der Waals surface area contributed by atoms with Gasteiger partial charge in [-0.15, -0.1) is 0 Å². The van der Waals surface area contributed by atoms with Crippen molar-refractivity contribution in [1.82, 2.24) is 14.9 Å². The largest absolute Gasteiger partial charge is 0.493 e. The van der Waals surface area contributed by atoms with Crippen molar-refractivity contribution >= 4 is 5.91 Å². The number of aromatic nitrogens is 2. The van der Waals surface area contributed by atoms with E-state index < -0.39 is 0 Å². The molecule has 1 aromatic heterocycles. The highest BCUT2D eigenvalue weighted by atomic mass is 16.5. The zero-order valence-electron chi connectivity index (χ0n) is 17.2. The molecular formula is C23H27N3O4. The summed E-state index contributed by atoms with van der Waals surface area (Å²) in [5.74, 6) is 2.81. The molecule has 1 aromatic carbocycles. The number of rotatable bonds is 4.